The molecule has 0 radical (unpaired) electrons. The molecule has 0 spiro atoms. The van der Waals surface area contributed by atoms with E-state index in [0.29, 0.717) is 30.8 Å². The molecular weight excluding hydrogens is 420 g/mol. The van der Waals surface area contributed by atoms with Crippen molar-refractivity contribution in [3.8, 4) is 0 Å². The number of aliphatic imine (C=N–C) groups is 1. The maximum absolute atomic E-state index is 12.9. The molecule has 2 saturated heterocycles. The first-order valence-electron chi connectivity index (χ1n) is 11.7. The fraction of sp³-hybridized carbons (Fsp3) is 0.522. The third kappa shape index (κ3) is 3.93. The smallest absolute Gasteiger partial charge is 0.329 e. The van der Waals surface area contributed by atoms with Crippen molar-refractivity contribution in [1.82, 2.24) is 35.0 Å². The molecule has 4 aliphatic heterocycles. The monoisotopic (exact) mass is 448 g/mol. The molecule has 10 nitrogen and oxygen atoms in total. The van der Waals surface area contributed by atoms with E-state index in [2.05, 4.69) is 37.0 Å². The number of hydrogen-bond donors (Lipinski definition) is 1. The van der Waals surface area contributed by atoms with Gasteiger partial charge in [0.1, 0.15) is 18.0 Å². The molecule has 6 rings (SSSR count). The Morgan fingerprint density at radius 2 is 2.09 bits per heavy atom. The number of amides is 2. The molecule has 6 heterocycles. The summed E-state index contributed by atoms with van der Waals surface area (Å²) < 4.78 is 5.48. The predicted molar refractivity (Wildman–Crippen MR) is 122 cm³/mol. The van der Waals surface area contributed by atoms with Crippen molar-refractivity contribution in [2.24, 2.45) is 16.8 Å². The van der Waals surface area contributed by atoms with E-state index in [4.69, 9.17) is 9.73 Å². The molecule has 2 fully saturated rings. The molecule has 2 aromatic heterocycles. The number of rotatable bonds is 4. The van der Waals surface area contributed by atoms with Gasteiger partial charge in [-0.15, -0.1) is 0 Å². The van der Waals surface area contributed by atoms with Crippen molar-refractivity contribution >= 4 is 23.0 Å². The van der Waals surface area contributed by atoms with Gasteiger partial charge in [-0.1, -0.05) is 6.92 Å². The van der Waals surface area contributed by atoms with E-state index in [1.807, 2.05) is 24.5 Å². The molecule has 2 atom stereocenters. The van der Waals surface area contributed by atoms with Gasteiger partial charge in [-0.3, -0.25) is 20.1 Å². The Hall–Kier alpha value is -3.11. The number of carbonyl (C=O) groups excluding carboxylic acids is 1. The second kappa shape index (κ2) is 8.35. The highest BCUT2D eigenvalue weighted by atomic mass is 16.5. The van der Waals surface area contributed by atoms with Crippen molar-refractivity contribution in [2.45, 2.75) is 32.4 Å². The van der Waals surface area contributed by atoms with E-state index in [1.54, 1.807) is 11.1 Å². The molecule has 33 heavy (non-hydrogen) atoms. The molecule has 0 aliphatic carbocycles. The third-order valence-electron chi connectivity index (χ3n) is 7.03. The molecule has 4 aliphatic rings. The summed E-state index contributed by atoms with van der Waals surface area (Å²) >= 11 is 0. The van der Waals surface area contributed by atoms with E-state index in [-0.39, 0.29) is 11.9 Å². The molecule has 0 bridgehead atoms. The summed E-state index contributed by atoms with van der Waals surface area (Å²) in [5, 5.41) is 3.07. The maximum atomic E-state index is 12.9. The minimum atomic E-state index is -0.0853. The van der Waals surface area contributed by atoms with Crippen LogP contribution in [-0.2, 0) is 11.3 Å². The highest BCUT2D eigenvalue weighted by molar-refractivity contribution is 6.02. The molecule has 1 N–H and O–H groups in total. The Labute approximate surface area is 192 Å². The summed E-state index contributed by atoms with van der Waals surface area (Å²) in [5.41, 5.74) is 2.38. The highest BCUT2D eigenvalue weighted by Crippen LogP contribution is 2.30. The fourth-order valence-electron chi connectivity index (χ4n) is 5.24. The third-order valence-corrected chi connectivity index (χ3v) is 7.03. The summed E-state index contributed by atoms with van der Waals surface area (Å²) in [7, 11) is 0. The number of hydrogen-bond acceptors (Lipinski definition) is 8. The zero-order valence-corrected chi connectivity index (χ0v) is 18.7. The number of amidine groups is 1. The van der Waals surface area contributed by atoms with E-state index in [9.17, 15) is 4.79 Å². The van der Waals surface area contributed by atoms with E-state index in [0.717, 1.165) is 62.0 Å². The zero-order chi connectivity index (χ0) is 22.4. The van der Waals surface area contributed by atoms with Gasteiger partial charge in [0.25, 0.3) is 0 Å². The van der Waals surface area contributed by atoms with Crippen LogP contribution in [0.25, 0.3) is 11.2 Å². The van der Waals surface area contributed by atoms with E-state index >= 15 is 0 Å². The SMILES string of the molecule is CC1CN(Cc2cnc3cccnc3n2)CC1C1=NC2=CN(C3CCOCC3)CN2C(=O)N1. The first-order valence-corrected chi connectivity index (χ1v) is 11.7. The summed E-state index contributed by atoms with van der Waals surface area (Å²) in [6.45, 7) is 6.77. The van der Waals surface area contributed by atoms with Gasteiger partial charge < -0.3 is 9.64 Å². The number of aromatic nitrogens is 3. The van der Waals surface area contributed by atoms with Gasteiger partial charge in [0.05, 0.1) is 11.9 Å². The van der Waals surface area contributed by atoms with E-state index < -0.39 is 0 Å². The van der Waals surface area contributed by atoms with Crippen molar-refractivity contribution < 1.29 is 9.53 Å². The lowest BCUT2D eigenvalue weighted by Crippen LogP contribution is -2.50. The van der Waals surface area contributed by atoms with Crippen LogP contribution in [0.4, 0.5) is 4.79 Å². The first kappa shape index (κ1) is 20.5. The van der Waals surface area contributed by atoms with Crippen LogP contribution >= 0.6 is 0 Å². The van der Waals surface area contributed by atoms with Gasteiger partial charge in [-0.05, 0) is 30.9 Å². The number of pyridine rings is 1. The number of urea groups is 1. The predicted octanol–water partition coefficient (Wildman–Crippen LogP) is 1.77. The maximum Gasteiger partial charge on any atom is 0.329 e. The van der Waals surface area contributed by atoms with E-state index in [1.165, 1.54) is 0 Å². The molecule has 2 aromatic rings. The number of carbonyl (C=O) groups is 1. The lowest BCUT2D eigenvalue weighted by Gasteiger charge is -2.32. The lowest BCUT2D eigenvalue weighted by atomic mass is 9.96. The Balaban J connectivity index is 1.17. The largest absolute Gasteiger partial charge is 0.381 e. The molecule has 172 valence electrons. The van der Waals surface area contributed by atoms with Crippen molar-refractivity contribution in [3.63, 3.8) is 0 Å². The minimum Gasteiger partial charge on any atom is -0.381 e. The van der Waals surface area contributed by atoms with Gasteiger partial charge >= 0.3 is 6.03 Å². The van der Waals surface area contributed by atoms with Gasteiger partial charge in [0, 0.05) is 57.2 Å². The molecule has 0 saturated carbocycles. The van der Waals surface area contributed by atoms with Crippen LogP contribution in [0.3, 0.4) is 0 Å². The van der Waals surface area contributed by atoms with Crippen molar-refractivity contribution in [3.05, 3.63) is 42.2 Å². The van der Waals surface area contributed by atoms with Crippen LogP contribution in [0.2, 0.25) is 0 Å². The highest BCUT2D eigenvalue weighted by Gasteiger charge is 2.40. The van der Waals surface area contributed by atoms with Crippen LogP contribution < -0.4 is 5.32 Å². The van der Waals surface area contributed by atoms with Crippen LogP contribution in [0.15, 0.2) is 41.5 Å². The van der Waals surface area contributed by atoms with Gasteiger partial charge in [-0.25, -0.2) is 19.8 Å². The second-order valence-corrected chi connectivity index (χ2v) is 9.33. The molecular formula is C23H28N8O2. The van der Waals surface area contributed by atoms with Crippen LogP contribution in [0.5, 0.6) is 0 Å². The van der Waals surface area contributed by atoms with Crippen LogP contribution in [0.1, 0.15) is 25.5 Å². The molecule has 0 aromatic carbocycles. The van der Waals surface area contributed by atoms with Crippen LogP contribution in [0, 0.1) is 11.8 Å². The summed E-state index contributed by atoms with van der Waals surface area (Å²) in [5.74, 6) is 2.06. The standard InChI is InChI=1S/C23H28N8O2/c1-15-10-29(11-16-9-25-19-3-2-6-24-22(19)26-16)12-18(15)21-27-20-13-30(14-31(20)23(32)28-21)17-4-7-33-8-5-17/h2-3,6,9,13,15,17-18H,4-5,7-8,10-12,14H2,1H3,(H,27,28,32). The average Bonchev–Trinajstić information content (AvgIpc) is 3.43. The summed E-state index contributed by atoms with van der Waals surface area (Å²) in [6.07, 6.45) is 7.58. The number of nitrogens with zero attached hydrogens (tertiary/aromatic N) is 7. The summed E-state index contributed by atoms with van der Waals surface area (Å²) in [4.78, 5) is 37.6. The Morgan fingerprint density at radius 3 is 2.97 bits per heavy atom. The van der Waals surface area contributed by atoms with Crippen molar-refractivity contribution in [1.29, 1.82) is 0 Å². The number of nitrogens with one attached hydrogen (secondary N) is 1. The molecule has 2 amide bonds. The number of fused-ring (bicyclic) bond motifs is 2. The minimum absolute atomic E-state index is 0.0853. The quantitative estimate of drug-likeness (QED) is 0.761. The first-order chi connectivity index (χ1) is 16.1. The molecule has 2 unspecified atom stereocenters. The Bertz CT molecular complexity index is 1130. The molecule has 10 heteroatoms. The summed E-state index contributed by atoms with van der Waals surface area (Å²) in [6, 6.07) is 4.10. The number of likely N-dealkylation sites (tertiary alicyclic amines) is 1. The average molecular weight is 449 g/mol. The number of ether oxygens (including phenoxy) is 1. The fourth-order valence-corrected chi connectivity index (χ4v) is 5.24. The lowest BCUT2D eigenvalue weighted by molar-refractivity contribution is 0.0459. The zero-order valence-electron chi connectivity index (χ0n) is 18.7. The Morgan fingerprint density at radius 1 is 1.21 bits per heavy atom. The second-order valence-electron chi connectivity index (χ2n) is 9.33. The van der Waals surface area contributed by atoms with Gasteiger partial charge in [-0.2, -0.15) is 0 Å². The van der Waals surface area contributed by atoms with Gasteiger partial charge in [0.2, 0.25) is 0 Å². The topological polar surface area (TPSA) is 99.1 Å². The van der Waals surface area contributed by atoms with Gasteiger partial charge in [0.15, 0.2) is 11.5 Å². The van der Waals surface area contributed by atoms with Crippen molar-refractivity contribution in [2.75, 3.05) is 33.0 Å². The van der Waals surface area contributed by atoms with Crippen LogP contribution in [-0.4, -0.2) is 80.5 Å². The Kier molecular flexibility index (Phi) is 5.18. The normalized spacial score (nSPS) is 26.4.